The minimum Gasteiger partial charge on any atom is -0.388 e. The summed E-state index contributed by atoms with van der Waals surface area (Å²) in [6, 6.07) is 16.5. The van der Waals surface area contributed by atoms with Gasteiger partial charge in [-0.15, -0.1) is 0 Å². The molecule has 3 rings (SSSR count). The zero-order valence-corrected chi connectivity index (χ0v) is 23.4. The average Bonchev–Trinajstić information content (AvgIpc) is 3.23. The number of nitrogens with one attached hydrogen (secondary N) is 1. The van der Waals surface area contributed by atoms with Crippen molar-refractivity contribution in [2.45, 2.75) is 59.0 Å². The number of hydrogen-bond donors (Lipinski definition) is 1. The van der Waals surface area contributed by atoms with Crippen LogP contribution in [0.5, 0.6) is 0 Å². The second-order valence-electron chi connectivity index (χ2n) is 9.98. The summed E-state index contributed by atoms with van der Waals surface area (Å²) in [4.78, 5) is 30.0. The fourth-order valence-electron chi connectivity index (χ4n) is 4.26. The maximum Gasteiger partial charge on any atom is 0.244 e. The predicted octanol–water partition coefficient (Wildman–Crippen LogP) is 6.65. The molecule has 0 bridgehead atoms. The van der Waals surface area contributed by atoms with Crippen LogP contribution in [0, 0.1) is 0 Å². The van der Waals surface area contributed by atoms with Crippen LogP contribution in [0.2, 0.25) is 0 Å². The van der Waals surface area contributed by atoms with Gasteiger partial charge < -0.3 is 15.1 Å². The van der Waals surface area contributed by atoms with E-state index in [1.165, 1.54) is 5.56 Å². The van der Waals surface area contributed by atoms with Gasteiger partial charge in [-0.2, -0.15) is 0 Å². The van der Waals surface area contributed by atoms with Crippen LogP contribution in [0.15, 0.2) is 85.5 Å². The van der Waals surface area contributed by atoms with Gasteiger partial charge in [-0.05, 0) is 46.2 Å². The van der Waals surface area contributed by atoms with Crippen LogP contribution in [0.4, 0.5) is 5.69 Å². The third kappa shape index (κ3) is 7.94. The lowest BCUT2D eigenvalue weighted by Crippen LogP contribution is -2.36. The van der Waals surface area contributed by atoms with Gasteiger partial charge in [0.25, 0.3) is 0 Å². The monoisotopic (exact) mass is 501 g/mol. The van der Waals surface area contributed by atoms with Crippen LogP contribution in [0.25, 0.3) is 0 Å². The summed E-state index contributed by atoms with van der Waals surface area (Å²) in [7, 11) is 1.89. The summed E-state index contributed by atoms with van der Waals surface area (Å²) in [5, 5.41) is 3.12. The molecule has 37 heavy (non-hydrogen) atoms. The highest BCUT2D eigenvalue weighted by atomic mass is 16.2. The predicted molar refractivity (Wildman–Crippen MR) is 155 cm³/mol. The van der Waals surface area contributed by atoms with Crippen molar-refractivity contribution in [2.24, 2.45) is 0 Å². The van der Waals surface area contributed by atoms with E-state index in [0.717, 1.165) is 16.8 Å². The maximum atomic E-state index is 13.3. The second kappa shape index (κ2) is 13.6. The highest BCUT2D eigenvalue weighted by Crippen LogP contribution is 2.33. The lowest BCUT2D eigenvalue weighted by atomic mass is 9.86. The summed E-state index contributed by atoms with van der Waals surface area (Å²) >= 11 is 0. The number of amides is 2. The summed E-state index contributed by atoms with van der Waals surface area (Å²) in [6.07, 6.45) is 5.63. The Balaban J connectivity index is 0.00000235. The first-order chi connectivity index (χ1) is 17.6. The van der Waals surface area contributed by atoms with Crippen molar-refractivity contribution in [3.63, 3.8) is 0 Å². The SMILES string of the molecule is C=C/C=C\C(=C)CC(=O)N1CC(=O)N(CCc2ccc(NC)cc2)C1c1ccc(C(C)(C)C)cc1.CC. The molecule has 0 radical (unpaired) electrons. The van der Waals surface area contributed by atoms with Gasteiger partial charge in [0.15, 0.2) is 0 Å². The molecular formula is C32H43N3O2. The molecule has 0 aromatic heterocycles. The number of allylic oxidation sites excluding steroid dienone is 3. The number of rotatable bonds is 9. The van der Waals surface area contributed by atoms with Gasteiger partial charge in [-0.1, -0.05) is 102 Å². The van der Waals surface area contributed by atoms with Crippen molar-refractivity contribution < 1.29 is 9.59 Å². The molecule has 1 heterocycles. The molecule has 1 atom stereocenters. The molecule has 0 saturated carbocycles. The largest absolute Gasteiger partial charge is 0.388 e. The first kappa shape index (κ1) is 29.6. The Morgan fingerprint density at radius 2 is 1.70 bits per heavy atom. The van der Waals surface area contributed by atoms with E-state index in [1.807, 2.05) is 50.1 Å². The van der Waals surface area contributed by atoms with E-state index in [9.17, 15) is 9.59 Å². The van der Waals surface area contributed by atoms with Crippen molar-refractivity contribution in [2.75, 3.05) is 25.5 Å². The zero-order valence-electron chi connectivity index (χ0n) is 23.4. The van der Waals surface area contributed by atoms with Crippen LogP contribution in [0.1, 0.15) is 63.9 Å². The molecule has 1 saturated heterocycles. The molecule has 1 aliphatic rings. The minimum atomic E-state index is -0.434. The highest BCUT2D eigenvalue weighted by molar-refractivity contribution is 5.89. The normalized spacial score (nSPS) is 15.4. The number of nitrogens with zero attached hydrogens (tertiary/aromatic N) is 2. The molecule has 1 N–H and O–H groups in total. The topological polar surface area (TPSA) is 52.7 Å². The molecule has 2 aromatic rings. The molecule has 2 aromatic carbocycles. The van der Waals surface area contributed by atoms with Crippen LogP contribution in [0.3, 0.4) is 0 Å². The van der Waals surface area contributed by atoms with E-state index in [2.05, 4.69) is 63.5 Å². The van der Waals surface area contributed by atoms with Crippen LogP contribution < -0.4 is 5.32 Å². The Bertz CT molecular complexity index is 1090. The Kier molecular flexibility index (Phi) is 10.9. The summed E-state index contributed by atoms with van der Waals surface area (Å²) in [6.45, 7) is 18.8. The fourth-order valence-corrected chi connectivity index (χ4v) is 4.26. The average molecular weight is 502 g/mol. The van der Waals surface area contributed by atoms with E-state index < -0.39 is 6.17 Å². The third-order valence-electron chi connectivity index (χ3n) is 6.34. The van der Waals surface area contributed by atoms with Crippen molar-refractivity contribution >= 4 is 17.5 Å². The molecule has 198 valence electrons. The van der Waals surface area contributed by atoms with Gasteiger partial charge >= 0.3 is 0 Å². The van der Waals surface area contributed by atoms with Gasteiger partial charge in [0.1, 0.15) is 12.7 Å². The third-order valence-corrected chi connectivity index (χ3v) is 6.34. The lowest BCUT2D eigenvalue weighted by Gasteiger charge is -2.31. The number of anilines is 1. The number of carbonyl (C=O) groups excluding carboxylic acids is 2. The van der Waals surface area contributed by atoms with Crippen molar-refractivity contribution in [1.82, 2.24) is 9.80 Å². The quantitative estimate of drug-likeness (QED) is 0.391. The number of benzene rings is 2. The van der Waals surface area contributed by atoms with E-state index >= 15 is 0 Å². The van der Waals surface area contributed by atoms with E-state index in [0.29, 0.717) is 18.5 Å². The molecule has 5 nitrogen and oxygen atoms in total. The second-order valence-corrected chi connectivity index (χ2v) is 9.98. The van der Waals surface area contributed by atoms with E-state index in [-0.39, 0.29) is 30.2 Å². The van der Waals surface area contributed by atoms with Crippen LogP contribution >= 0.6 is 0 Å². The molecule has 0 spiro atoms. The van der Waals surface area contributed by atoms with Gasteiger partial charge in [0, 0.05) is 19.3 Å². The summed E-state index contributed by atoms with van der Waals surface area (Å²) in [5.74, 6) is -0.148. The van der Waals surface area contributed by atoms with Crippen molar-refractivity contribution in [3.05, 3.63) is 102 Å². The first-order valence-electron chi connectivity index (χ1n) is 13.1. The molecule has 1 aliphatic heterocycles. The fraction of sp³-hybridized carbons (Fsp3) is 0.375. The Morgan fingerprint density at radius 1 is 1.08 bits per heavy atom. The molecule has 2 amide bonds. The number of carbonyl (C=O) groups is 2. The van der Waals surface area contributed by atoms with E-state index in [4.69, 9.17) is 0 Å². The Morgan fingerprint density at radius 3 is 2.24 bits per heavy atom. The number of hydrogen-bond acceptors (Lipinski definition) is 3. The molecule has 5 heteroatoms. The standard InChI is InChI=1S/C30H37N3O2.C2H6/c1-7-8-9-22(2)20-27(34)33-21-28(35)32(19-18-23-10-16-26(31-6)17-11-23)29(33)24-12-14-25(15-13-24)30(3,4)5;1-2/h7-17,29,31H,1-2,18-21H2,3-6H3;1-2H3/b9-8-;. The minimum absolute atomic E-state index is 0.0218. The first-order valence-corrected chi connectivity index (χ1v) is 13.1. The summed E-state index contributed by atoms with van der Waals surface area (Å²) in [5.41, 5.74) is 5.05. The molecule has 1 unspecified atom stereocenters. The van der Waals surface area contributed by atoms with Gasteiger partial charge in [0.2, 0.25) is 11.8 Å². The maximum absolute atomic E-state index is 13.3. The molecular weight excluding hydrogens is 458 g/mol. The lowest BCUT2D eigenvalue weighted by molar-refractivity contribution is -0.132. The highest BCUT2D eigenvalue weighted by Gasteiger charge is 2.41. The van der Waals surface area contributed by atoms with E-state index in [1.54, 1.807) is 23.1 Å². The smallest absolute Gasteiger partial charge is 0.244 e. The van der Waals surface area contributed by atoms with Crippen LogP contribution in [-0.4, -0.2) is 41.8 Å². The Hall–Kier alpha value is -3.60. The molecule has 0 aliphatic carbocycles. The van der Waals surface area contributed by atoms with Gasteiger partial charge in [-0.3, -0.25) is 9.59 Å². The Labute approximate surface area is 223 Å². The zero-order chi connectivity index (χ0) is 27.6. The van der Waals surface area contributed by atoms with Crippen molar-refractivity contribution in [3.8, 4) is 0 Å². The van der Waals surface area contributed by atoms with Crippen molar-refractivity contribution in [1.29, 1.82) is 0 Å². The summed E-state index contributed by atoms with van der Waals surface area (Å²) < 4.78 is 0. The molecule has 1 fully saturated rings. The van der Waals surface area contributed by atoms with Gasteiger partial charge in [0.05, 0.1) is 6.42 Å². The van der Waals surface area contributed by atoms with Crippen LogP contribution in [-0.2, 0) is 21.4 Å². The van der Waals surface area contributed by atoms with Gasteiger partial charge in [-0.25, -0.2) is 0 Å².